The number of hydrogen-bond acceptors (Lipinski definition) is 3. The van der Waals surface area contributed by atoms with Crippen molar-refractivity contribution < 1.29 is 14.3 Å². The van der Waals surface area contributed by atoms with E-state index in [0.717, 1.165) is 30.6 Å². The molecule has 1 saturated carbocycles. The molecule has 1 aromatic carbocycles. The molecule has 0 saturated heterocycles. The van der Waals surface area contributed by atoms with E-state index in [-0.39, 0.29) is 18.0 Å². The summed E-state index contributed by atoms with van der Waals surface area (Å²) >= 11 is 0. The summed E-state index contributed by atoms with van der Waals surface area (Å²) in [5.74, 6) is 0.802. The van der Waals surface area contributed by atoms with E-state index in [2.05, 4.69) is 16.0 Å². The maximum atomic E-state index is 12.1. The van der Waals surface area contributed by atoms with Crippen molar-refractivity contribution in [2.75, 3.05) is 13.7 Å². The minimum Gasteiger partial charge on any atom is -0.497 e. The van der Waals surface area contributed by atoms with Crippen LogP contribution in [0, 0.1) is 0 Å². The number of ether oxygens (including phenoxy) is 1. The molecule has 2 rings (SSSR count). The van der Waals surface area contributed by atoms with Crippen molar-refractivity contribution in [1.29, 1.82) is 0 Å². The zero-order valence-electron chi connectivity index (χ0n) is 15.8. The van der Waals surface area contributed by atoms with Crippen molar-refractivity contribution in [3.05, 3.63) is 29.8 Å². The van der Waals surface area contributed by atoms with E-state index in [9.17, 15) is 9.59 Å². The Hall–Kier alpha value is -2.24. The van der Waals surface area contributed by atoms with Gasteiger partial charge in [0.1, 0.15) is 5.75 Å². The molecule has 1 fully saturated rings. The van der Waals surface area contributed by atoms with Gasteiger partial charge in [0.15, 0.2) is 0 Å². The number of methoxy groups -OCH3 is 1. The predicted octanol–water partition coefficient (Wildman–Crippen LogP) is 3.28. The maximum Gasteiger partial charge on any atom is 0.315 e. The topological polar surface area (TPSA) is 79.5 Å². The molecule has 1 atom stereocenters. The Morgan fingerprint density at radius 1 is 1.15 bits per heavy atom. The predicted molar refractivity (Wildman–Crippen MR) is 102 cm³/mol. The third kappa shape index (κ3) is 6.58. The summed E-state index contributed by atoms with van der Waals surface area (Å²) in [6.45, 7) is 2.36. The molecule has 1 aromatic rings. The standard InChI is InChI=1S/C20H31N3O3/c1-3-18(15-9-11-17(26-2)12-10-15)23-20(25)21-14-13-19(24)22-16-7-5-4-6-8-16/h9-12,16,18H,3-8,13-14H2,1-2H3,(H,22,24)(H2,21,23,25). The van der Waals surface area contributed by atoms with Crippen LogP contribution in [0.3, 0.4) is 0 Å². The Bertz CT molecular complexity index is 568. The van der Waals surface area contributed by atoms with Crippen molar-refractivity contribution in [2.45, 2.75) is 64.0 Å². The number of carbonyl (C=O) groups excluding carboxylic acids is 2. The van der Waals surface area contributed by atoms with Crippen LogP contribution in [0.25, 0.3) is 0 Å². The van der Waals surface area contributed by atoms with Crippen molar-refractivity contribution in [3.8, 4) is 5.75 Å². The smallest absolute Gasteiger partial charge is 0.315 e. The lowest BCUT2D eigenvalue weighted by Gasteiger charge is -2.22. The van der Waals surface area contributed by atoms with Crippen molar-refractivity contribution >= 4 is 11.9 Å². The highest BCUT2D eigenvalue weighted by Crippen LogP contribution is 2.20. The van der Waals surface area contributed by atoms with E-state index in [1.165, 1.54) is 19.3 Å². The summed E-state index contributed by atoms with van der Waals surface area (Å²) in [7, 11) is 1.63. The van der Waals surface area contributed by atoms with Gasteiger partial charge in [-0.2, -0.15) is 0 Å². The third-order valence-corrected chi connectivity index (χ3v) is 4.84. The van der Waals surface area contributed by atoms with E-state index in [1.807, 2.05) is 31.2 Å². The van der Waals surface area contributed by atoms with Gasteiger partial charge in [0, 0.05) is 19.0 Å². The van der Waals surface area contributed by atoms with Gasteiger partial charge in [-0.3, -0.25) is 4.79 Å². The van der Waals surface area contributed by atoms with Crippen LogP contribution in [-0.2, 0) is 4.79 Å². The van der Waals surface area contributed by atoms with Gasteiger partial charge < -0.3 is 20.7 Å². The number of hydrogen-bond donors (Lipinski definition) is 3. The first kappa shape index (κ1) is 20.1. The van der Waals surface area contributed by atoms with Crippen LogP contribution in [0.1, 0.15) is 63.5 Å². The highest BCUT2D eigenvalue weighted by molar-refractivity contribution is 5.78. The minimum atomic E-state index is -0.252. The number of benzene rings is 1. The molecular formula is C20H31N3O3. The van der Waals surface area contributed by atoms with Gasteiger partial charge >= 0.3 is 6.03 Å². The number of amides is 3. The molecule has 6 heteroatoms. The summed E-state index contributed by atoms with van der Waals surface area (Å²) in [5.41, 5.74) is 1.03. The molecule has 0 aromatic heterocycles. The van der Waals surface area contributed by atoms with Crippen LogP contribution >= 0.6 is 0 Å². The Balaban J connectivity index is 1.69. The molecule has 3 N–H and O–H groups in total. The first-order valence-electron chi connectivity index (χ1n) is 9.60. The average Bonchev–Trinajstić information content (AvgIpc) is 2.67. The first-order valence-corrected chi connectivity index (χ1v) is 9.60. The SMILES string of the molecule is CCC(NC(=O)NCCC(=O)NC1CCCCC1)c1ccc(OC)cc1. The van der Waals surface area contributed by atoms with Gasteiger partial charge in [-0.15, -0.1) is 0 Å². The number of carbonyl (C=O) groups is 2. The van der Waals surface area contributed by atoms with Crippen molar-refractivity contribution in [2.24, 2.45) is 0 Å². The van der Waals surface area contributed by atoms with Gasteiger partial charge in [-0.25, -0.2) is 4.79 Å². The summed E-state index contributed by atoms with van der Waals surface area (Å²) in [4.78, 5) is 24.1. The fourth-order valence-corrected chi connectivity index (χ4v) is 3.30. The molecule has 0 bridgehead atoms. The maximum absolute atomic E-state index is 12.1. The second-order valence-electron chi connectivity index (χ2n) is 6.79. The molecule has 26 heavy (non-hydrogen) atoms. The molecule has 6 nitrogen and oxygen atoms in total. The number of urea groups is 1. The zero-order chi connectivity index (χ0) is 18.8. The molecule has 3 amide bonds. The second-order valence-corrected chi connectivity index (χ2v) is 6.79. The molecule has 0 radical (unpaired) electrons. The van der Waals surface area contributed by atoms with E-state index >= 15 is 0 Å². The van der Waals surface area contributed by atoms with Crippen LogP contribution in [0.15, 0.2) is 24.3 Å². The van der Waals surface area contributed by atoms with Crippen molar-refractivity contribution in [1.82, 2.24) is 16.0 Å². The molecule has 1 aliphatic rings. The summed E-state index contributed by atoms with van der Waals surface area (Å²) in [6.07, 6.45) is 6.87. The van der Waals surface area contributed by atoms with Crippen LogP contribution in [0.2, 0.25) is 0 Å². The molecule has 144 valence electrons. The highest BCUT2D eigenvalue weighted by Gasteiger charge is 2.16. The van der Waals surface area contributed by atoms with Gasteiger partial charge in [0.2, 0.25) is 5.91 Å². The lowest BCUT2D eigenvalue weighted by atomic mass is 9.95. The molecular weight excluding hydrogens is 330 g/mol. The van der Waals surface area contributed by atoms with Crippen LogP contribution in [0.5, 0.6) is 5.75 Å². The lowest BCUT2D eigenvalue weighted by molar-refractivity contribution is -0.121. The van der Waals surface area contributed by atoms with Crippen molar-refractivity contribution in [3.63, 3.8) is 0 Å². The second kappa shape index (κ2) is 10.7. The van der Waals surface area contributed by atoms with Crippen LogP contribution in [0.4, 0.5) is 4.79 Å². The lowest BCUT2D eigenvalue weighted by Crippen LogP contribution is -2.41. The van der Waals surface area contributed by atoms with Gasteiger partial charge in [0.05, 0.1) is 13.2 Å². The van der Waals surface area contributed by atoms with E-state index in [1.54, 1.807) is 7.11 Å². The Morgan fingerprint density at radius 3 is 2.46 bits per heavy atom. The first-order chi connectivity index (χ1) is 12.6. The number of rotatable bonds is 8. The fourth-order valence-electron chi connectivity index (χ4n) is 3.30. The number of nitrogens with one attached hydrogen (secondary N) is 3. The van der Waals surface area contributed by atoms with Crippen LogP contribution < -0.4 is 20.7 Å². The van der Waals surface area contributed by atoms with Crippen LogP contribution in [-0.4, -0.2) is 31.6 Å². The Kier molecular flexibility index (Phi) is 8.25. The largest absolute Gasteiger partial charge is 0.497 e. The van der Waals surface area contributed by atoms with E-state index in [4.69, 9.17) is 4.74 Å². The van der Waals surface area contributed by atoms with Gasteiger partial charge in [-0.1, -0.05) is 38.3 Å². The molecule has 0 heterocycles. The summed E-state index contributed by atoms with van der Waals surface area (Å²) in [5, 5.41) is 8.78. The third-order valence-electron chi connectivity index (χ3n) is 4.84. The zero-order valence-corrected chi connectivity index (χ0v) is 15.8. The highest BCUT2D eigenvalue weighted by atomic mass is 16.5. The monoisotopic (exact) mass is 361 g/mol. The molecule has 1 aliphatic carbocycles. The van der Waals surface area contributed by atoms with Gasteiger partial charge in [0.25, 0.3) is 0 Å². The molecule has 1 unspecified atom stereocenters. The van der Waals surface area contributed by atoms with Gasteiger partial charge in [-0.05, 0) is 37.0 Å². The Labute approximate surface area is 156 Å². The molecule has 0 aliphatic heterocycles. The van der Waals surface area contributed by atoms with E-state index in [0.29, 0.717) is 19.0 Å². The minimum absolute atomic E-state index is 0.0133. The fraction of sp³-hybridized carbons (Fsp3) is 0.600. The summed E-state index contributed by atoms with van der Waals surface area (Å²) < 4.78 is 5.16. The average molecular weight is 361 g/mol. The van der Waals surface area contributed by atoms with E-state index < -0.39 is 0 Å². The quantitative estimate of drug-likeness (QED) is 0.665. The normalized spacial score (nSPS) is 15.8. The summed E-state index contributed by atoms with van der Waals surface area (Å²) in [6, 6.07) is 7.65. The Morgan fingerprint density at radius 2 is 1.85 bits per heavy atom. The molecule has 0 spiro atoms.